The molecule has 1 aliphatic heterocycles. The first-order valence-electron chi connectivity index (χ1n) is 11.6. The Labute approximate surface area is 201 Å². The zero-order valence-corrected chi connectivity index (χ0v) is 20.7. The molecule has 0 fully saturated rings. The Morgan fingerprint density at radius 1 is 1.00 bits per heavy atom. The van der Waals surface area contributed by atoms with E-state index in [-0.39, 0.29) is 5.41 Å². The van der Waals surface area contributed by atoms with Crippen molar-refractivity contribution in [3.8, 4) is 22.8 Å². The molecule has 3 aromatic heterocycles. The van der Waals surface area contributed by atoms with E-state index in [0.717, 1.165) is 46.4 Å². The minimum atomic E-state index is 0.0428. The molecule has 34 heavy (non-hydrogen) atoms. The zero-order valence-electron chi connectivity index (χ0n) is 20.7. The van der Waals surface area contributed by atoms with Gasteiger partial charge in [0.25, 0.3) is 0 Å². The molecule has 0 bridgehead atoms. The van der Waals surface area contributed by atoms with Crippen LogP contribution in [0.25, 0.3) is 16.9 Å². The highest BCUT2D eigenvalue weighted by atomic mass is 16.5. The van der Waals surface area contributed by atoms with E-state index in [1.165, 1.54) is 5.56 Å². The Morgan fingerprint density at radius 3 is 2.56 bits per heavy atom. The minimum absolute atomic E-state index is 0.0428. The number of ether oxygens (including phenoxy) is 1. The lowest BCUT2D eigenvalue weighted by Crippen LogP contribution is -2.21. The summed E-state index contributed by atoms with van der Waals surface area (Å²) in [5.41, 5.74) is 7.16. The molecule has 0 radical (unpaired) electrons. The number of benzene rings is 1. The van der Waals surface area contributed by atoms with Crippen molar-refractivity contribution >= 4 is 11.3 Å². The maximum Gasteiger partial charge on any atom is 0.180 e. The van der Waals surface area contributed by atoms with E-state index in [2.05, 4.69) is 96.8 Å². The van der Waals surface area contributed by atoms with Crippen molar-refractivity contribution in [1.29, 1.82) is 0 Å². The van der Waals surface area contributed by atoms with Gasteiger partial charge in [0.15, 0.2) is 11.4 Å². The molecule has 0 saturated carbocycles. The van der Waals surface area contributed by atoms with Crippen molar-refractivity contribution in [2.45, 2.75) is 40.0 Å². The van der Waals surface area contributed by atoms with Gasteiger partial charge in [0.1, 0.15) is 5.75 Å². The smallest absolute Gasteiger partial charge is 0.180 e. The van der Waals surface area contributed by atoms with E-state index in [1.54, 1.807) is 0 Å². The third-order valence-electron chi connectivity index (χ3n) is 6.34. The number of pyridine rings is 2. The second kappa shape index (κ2) is 8.20. The third kappa shape index (κ3) is 4.12. The first-order chi connectivity index (χ1) is 16.2. The number of fused-ring (bicyclic) bond motifs is 1. The van der Waals surface area contributed by atoms with E-state index in [9.17, 15) is 0 Å². The van der Waals surface area contributed by atoms with Crippen molar-refractivity contribution in [2.75, 3.05) is 18.6 Å². The molecule has 6 heteroatoms. The van der Waals surface area contributed by atoms with Crippen LogP contribution in [0.5, 0.6) is 11.5 Å². The van der Waals surface area contributed by atoms with E-state index in [0.29, 0.717) is 5.75 Å². The van der Waals surface area contributed by atoms with Gasteiger partial charge in [-0.15, -0.1) is 0 Å². The van der Waals surface area contributed by atoms with Gasteiger partial charge in [-0.1, -0.05) is 26.8 Å². The maximum absolute atomic E-state index is 6.47. The Kier molecular flexibility index (Phi) is 5.31. The summed E-state index contributed by atoms with van der Waals surface area (Å²) in [4.78, 5) is 13.8. The summed E-state index contributed by atoms with van der Waals surface area (Å²) < 4.78 is 8.58. The lowest BCUT2D eigenvalue weighted by molar-refractivity contribution is 0.482. The molecule has 174 valence electrons. The van der Waals surface area contributed by atoms with Crippen LogP contribution in [0.2, 0.25) is 0 Å². The average molecular weight is 454 g/mol. The van der Waals surface area contributed by atoms with Crippen molar-refractivity contribution in [1.82, 2.24) is 19.3 Å². The normalized spacial score (nSPS) is 13.8. The molecule has 0 aliphatic carbocycles. The number of nitrogens with zero attached hydrogens (tertiary/aromatic N) is 5. The van der Waals surface area contributed by atoms with Gasteiger partial charge in [-0.05, 0) is 55.2 Å². The van der Waals surface area contributed by atoms with Gasteiger partial charge in [-0.25, -0.2) is 4.98 Å². The lowest BCUT2D eigenvalue weighted by atomic mass is 9.87. The van der Waals surface area contributed by atoms with Crippen LogP contribution in [0.15, 0.2) is 67.3 Å². The molecule has 6 nitrogen and oxygen atoms in total. The molecule has 0 atom stereocenters. The number of aryl methyl sites for hydroxylation is 2. The molecule has 0 unspecified atom stereocenters. The molecule has 5 rings (SSSR count). The minimum Gasteiger partial charge on any atom is -0.453 e. The summed E-state index contributed by atoms with van der Waals surface area (Å²) in [6, 6.07) is 14.5. The first-order valence-corrected chi connectivity index (χ1v) is 11.6. The predicted octanol–water partition coefficient (Wildman–Crippen LogP) is 6.28. The van der Waals surface area contributed by atoms with Gasteiger partial charge in [0.2, 0.25) is 0 Å². The summed E-state index contributed by atoms with van der Waals surface area (Å²) in [5.74, 6) is 1.48. The number of imidazole rings is 1. The summed E-state index contributed by atoms with van der Waals surface area (Å²) in [6.07, 6.45) is 8.13. The topological polar surface area (TPSA) is 45.9 Å². The average Bonchev–Trinajstić information content (AvgIpc) is 3.37. The highest BCUT2D eigenvalue weighted by molar-refractivity contribution is 5.69. The number of hydrogen-bond donors (Lipinski definition) is 0. The van der Waals surface area contributed by atoms with Crippen molar-refractivity contribution in [3.63, 3.8) is 0 Å². The van der Waals surface area contributed by atoms with E-state index in [4.69, 9.17) is 9.72 Å². The number of rotatable bonds is 4. The molecule has 0 N–H and O–H groups in total. The summed E-state index contributed by atoms with van der Waals surface area (Å²) in [5, 5.41) is 0. The van der Waals surface area contributed by atoms with E-state index in [1.807, 2.05) is 31.3 Å². The maximum atomic E-state index is 6.47. The standard InChI is InChI=1S/C28H31N5O/c1-19-20(2)33-17-21(25-15-22(10-11-29-25)28(3,4)5)14-26(27(33)30-19)34-24-9-7-8-23(16-24)32-13-12-31(6)18-32/h7-17H,18H2,1-6H3. The molecule has 4 aromatic rings. The molecular weight excluding hydrogens is 422 g/mol. The van der Waals surface area contributed by atoms with Crippen LogP contribution in [0.4, 0.5) is 5.69 Å². The third-order valence-corrected chi connectivity index (χ3v) is 6.34. The van der Waals surface area contributed by atoms with Crippen molar-refractivity contribution < 1.29 is 4.74 Å². The van der Waals surface area contributed by atoms with Crippen LogP contribution >= 0.6 is 0 Å². The fraction of sp³-hybridized carbons (Fsp3) is 0.286. The molecule has 0 amide bonds. The Balaban J connectivity index is 1.58. The second-order valence-electron chi connectivity index (χ2n) is 10.0. The first kappa shape index (κ1) is 22.0. The molecule has 0 saturated heterocycles. The van der Waals surface area contributed by atoms with Crippen molar-refractivity contribution in [2.24, 2.45) is 0 Å². The van der Waals surface area contributed by atoms with Gasteiger partial charge in [0, 0.05) is 54.9 Å². The molecular formula is C28H31N5O. The summed E-state index contributed by atoms with van der Waals surface area (Å²) in [6.45, 7) is 11.6. The Bertz CT molecular complexity index is 1400. The number of aromatic nitrogens is 3. The van der Waals surface area contributed by atoms with Crippen LogP contribution in [-0.2, 0) is 5.41 Å². The quantitative estimate of drug-likeness (QED) is 0.364. The highest BCUT2D eigenvalue weighted by Crippen LogP contribution is 2.34. The fourth-order valence-corrected chi connectivity index (χ4v) is 4.16. The molecule has 1 aromatic carbocycles. The van der Waals surface area contributed by atoms with Crippen LogP contribution in [0.3, 0.4) is 0 Å². The Hall–Kier alpha value is -3.80. The number of hydrogen-bond acceptors (Lipinski definition) is 5. The molecule has 4 heterocycles. The van der Waals surface area contributed by atoms with Gasteiger partial charge in [-0.3, -0.25) is 4.98 Å². The van der Waals surface area contributed by atoms with E-state index < -0.39 is 0 Å². The van der Waals surface area contributed by atoms with Crippen LogP contribution in [0, 0.1) is 13.8 Å². The summed E-state index contributed by atoms with van der Waals surface area (Å²) >= 11 is 0. The van der Waals surface area contributed by atoms with Gasteiger partial charge < -0.3 is 18.9 Å². The summed E-state index contributed by atoms with van der Waals surface area (Å²) in [7, 11) is 2.06. The molecule has 0 spiro atoms. The van der Waals surface area contributed by atoms with Crippen LogP contribution in [0.1, 0.15) is 37.7 Å². The Morgan fingerprint density at radius 2 is 1.82 bits per heavy atom. The van der Waals surface area contributed by atoms with Gasteiger partial charge >= 0.3 is 0 Å². The second-order valence-corrected chi connectivity index (χ2v) is 10.0. The zero-order chi connectivity index (χ0) is 24.0. The SMILES string of the molecule is Cc1nc2c(Oc3cccc(N4C=CN(C)C4)c3)cc(-c3cc(C(C)(C)C)ccn3)cn2c1C. The largest absolute Gasteiger partial charge is 0.453 e. The predicted molar refractivity (Wildman–Crippen MR) is 137 cm³/mol. The molecule has 1 aliphatic rings. The van der Waals surface area contributed by atoms with Crippen molar-refractivity contribution in [3.05, 3.63) is 84.2 Å². The lowest BCUT2D eigenvalue weighted by Gasteiger charge is -2.20. The van der Waals surface area contributed by atoms with Gasteiger partial charge in [0.05, 0.1) is 18.1 Å². The van der Waals surface area contributed by atoms with Gasteiger partial charge in [-0.2, -0.15) is 0 Å². The van der Waals surface area contributed by atoms with Crippen LogP contribution in [-0.4, -0.2) is 33.0 Å². The monoisotopic (exact) mass is 453 g/mol. The van der Waals surface area contributed by atoms with Crippen LogP contribution < -0.4 is 9.64 Å². The number of anilines is 1. The highest BCUT2D eigenvalue weighted by Gasteiger charge is 2.18. The van der Waals surface area contributed by atoms with E-state index >= 15 is 0 Å². The fourth-order valence-electron chi connectivity index (χ4n) is 4.16.